The Morgan fingerprint density at radius 3 is 2.72 bits per heavy atom. The van der Waals surface area contributed by atoms with Crippen LogP contribution in [0.1, 0.15) is 5.01 Å². The molecule has 1 N–H and O–H groups in total. The topological polar surface area (TPSA) is 57.7 Å². The number of amides is 1. The minimum absolute atomic E-state index is 0.00668. The molecule has 1 aliphatic heterocycles. The minimum atomic E-state index is 0.00668. The van der Waals surface area contributed by atoms with Gasteiger partial charge in [0.05, 0.1) is 30.8 Å². The Kier molecular flexibility index (Phi) is 6.56. The first-order chi connectivity index (χ1) is 14.2. The van der Waals surface area contributed by atoms with E-state index < -0.39 is 0 Å². The van der Waals surface area contributed by atoms with Gasteiger partial charge in [-0.25, -0.2) is 4.98 Å². The SMILES string of the molecule is COc1cccc(NC(=O)CN2CCN(Cc3nc(-c4cccs4)cs3)CC2)c1. The lowest BCUT2D eigenvalue weighted by atomic mass is 10.3. The van der Waals surface area contributed by atoms with Gasteiger partial charge in [0.2, 0.25) is 5.91 Å². The van der Waals surface area contributed by atoms with Crippen molar-refractivity contribution in [1.29, 1.82) is 0 Å². The molecule has 6 nitrogen and oxygen atoms in total. The molecule has 29 heavy (non-hydrogen) atoms. The van der Waals surface area contributed by atoms with E-state index in [1.165, 1.54) is 4.88 Å². The van der Waals surface area contributed by atoms with Crippen LogP contribution >= 0.6 is 22.7 Å². The number of rotatable bonds is 7. The van der Waals surface area contributed by atoms with Crippen molar-refractivity contribution in [2.24, 2.45) is 0 Å². The number of anilines is 1. The fraction of sp³-hybridized carbons (Fsp3) is 0.333. The van der Waals surface area contributed by atoms with Crippen LogP contribution in [0.3, 0.4) is 0 Å². The number of aromatic nitrogens is 1. The molecular weight excluding hydrogens is 404 g/mol. The summed E-state index contributed by atoms with van der Waals surface area (Å²) < 4.78 is 5.20. The summed E-state index contributed by atoms with van der Waals surface area (Å²) in [6.07, 6.45) is 0. The Morgan fingerprint density at radius 2 is 1.97 bits per heavy atom. The summed E-state index contributed by atoms with van der Waals surface area (Å²) in [7, 11) is 1.62. The summed E-state index contributed by atoms with van der Waals surface area (Å²) in [4.78, 5) is 23.0. The Morgan fingerprint density at radius 1 is 1.14 bits per heavy atom. The van der Waals surface area contributed by atoms with Gasteiger partial charge in [-0.3, -0.25) is 14.6 Å². The second kappa shape index (κ2) is 9.49. The van der Waals surface area contributed by atoms with Gasteiger partial charge in [-0.15, -0.1) is 22.7 Å². The highest BCUT2D eigenvalue weighted by atomic mass is 32.1. The van der Waals surface area contributed by atoms with Crippen LogP contribution in [0.15, 0.2) is 47.2 Å². The van der Waals surface area contributed by atoms with E-state index in [0.717, 1.165) is 54.9 Å². The summed E-state index contributed by atoms with van der Waals surface area (Å²) in [5, 5.41) is 8.32. The average Bonchev–Trinajstić information content (AvgIpc) is 3.41. The Hall–Kier alpha value is -2.26. The van der Waals surface area contributed by atoms with Gasteiger partial charge in [-0.2, -0.15) is 0 Å². The fourth-order valence-electron chi connectivity index (χ4n) is 3.32. The summed E-state index contributed by atoms with van der Waals surface area (Å²) in [5.41, 5.74) is 1.84. The zero-order chi connectivity index (χ0) is 20.1. The molecule has 1 fully saturated rings. The number of methoxy groups -OCH3 is 1. The molecule has 4 rings (SSSR count). The van der Waals surface area contributed by atoms with E-state index in [0.29, 0.717) is 6.54 Å². The van der Waals surface area contributed by atoms with E-state index >= 15 is 0 Å². The van der Waals surface area contributed by atoms with Crippen molar-refractivity contribution in [3.8, 4) is 16.3 Å². The molecule has 0 bridgehead atoms. The summed E-state index contributed by atoms with van der Waals surface area (Å²) in [6.45, 7) is 4.94. The fourth-order valence-corrected chi connectivity index (χ4v) is 4.92. The van der Waals surface area contributed by atoms with Crippen LogP contribution in [0.4, 0.5) is 5.69 Å². The average molecular weight is 429 g/mol. The molecule has 1 aromatic carbocycles. The number of nitrogens with zero attached hydrogens (tertiary/aromatic N) is 3. The van der Waals surface area contributed by atoms with Gasteiger partial charge in [-0.1, -0.05) is 12.1 Å². The second-order valence-corrected chi connectivity index (χ2v) is 8.83. The standard InChI is InChI=1S/C21H24N4O2S2/c1-27-17-5-2-4-16(12-17)22-20(26)13-24-7-9-25(10-8-24)14-21-23-18(15-29-21)19-6-3-11-28-19/h2-6,11-12,15H,7-10,13-14H2,1H3,(H,22,26). The maximum Gasteiger partial charge on any atom is 0.238 e. The lowest BCUT2D eigenvalue weighted by molar-refractivity contribution is -0.117. The lowest BCUT2D eigenvalue weighted by Gasteiger charge is -2.33. The molecule has 3 aromatic rings. The van der Waals surface area contributed by atoms with E-state index in [-0.39, 0.29) is 5.91 Å². The molecule has 0 radical (unpaired) electrons. The number of piperazine rings is 1. The van der Waals surface area contributed by atoms with Crippen molar-refractivity contribution in [1.82, 2.24) is 14.8 Å². The Balaban J connectivity index is 1.22. The predicted molar refractivity (Wildman–Crippen MR) is 119 cm³/mol. The molecule has 1 amide bonds. The zero-order valence-electron chi connectivity index (χ0n) is 16.3. The molecule has 0 saturated carbocycles. The van der Waals surface area contributed by atoms with Crippen LogP contribution in [-0.2, 0) is 11.3 Å². The van der Waals surface area contributed by atoms with E-state index in [2.05, 4.69) is 38.0 Å². The van der Waals surface area contributed by atoms with Crippen LogP contribution in [-0.4, -0.2) is 60.5 Å². The molecule has 0 unspecified atom stereocenters. The number of thiazole rings is 1. The predicted octanol–water partition coefficient (Wildman–Crippen LogP) is 3.64. The largest absolute Gasteiger partial charge is 0.497 e. The van der Waals surface area contributed by atoms with Crippen molar-refractivity contribution in [2.75, 3.05) is 45.2 Å². The number of ether oxygens (including phenoxy) is 1. The van der Waals surface area contributed by atoms with Crippen LogP contribution in [0.25, 0.3) is 10.6 Å². The van der Waals surface area contributed by atoms with Crippen LogP contribution in [0.5, 0.6) is 5.75 Å². The lowest BCUT2D eigenvalue weighted by Crippen LogP contribution is -2.48. The van der Waals surface area contributed by atoms with Gasteiger partial charge in [0.15, 0.2) is 0 Å². The summed E-state index contributed by atoms with van der Waals surface area (Å²) in [5.74, 6) is 0.744. The van der Waals surface area contributed by atoms with Crippen molar-refractivity contribution in [3.05, 3.63) is 52.2 Å². The maximum absolute atomic E-state index is 12.4. The van der Waals surface area contributed by atoms with E-state index in [1.807, 2.05) is 24.3 Å². The first-order valence-electron chi connectivity index (χ1n) is 9.56. The van der Waals surface area contributed by atoms with Gasteiger partial charge in [0.1, 0.15) is 10.8 Å². The summed E-state index contributed by atoms with van der Waals surface area (Å²) >= 11 is 3.45. The van der Waals surface area contributed by atoms with Crippen LogP contribution in [0.2, 0.25) is 0 Å². The van der Waals surface area contributed by atoms with E-state index in [4.69, 9.17) is 9.72 Å². The molecule has 152 valence electrons. The molecule has 2 aromatic heterocycles. The summed E-state index contributed by atoms with van der Waals surface area (Å²) in [6, 6.07) is 11.6. The second-order valence-electron chi connectivity index (χ2n) is 6.94. The van der Waals surface area contributed by atoms with Crippen molar-refractivity contribution in [3.63, 3.8) is 0 Å². The first-order valence-corrected chi connectivity index (χ1v) is 11.3. The third-order valence-electron chi connectivity index (χ3n) is 4.87. The smallest absolute Gasteiger partial charge is 0.238 e. The number of carbonyl (C=O) groups is 1. The molecular formula is C21H24N4O2S2. The van der Waals surface area contributed by atoms with Gasteiger partial charge < -0.3 is 10.1 Å². The number of thiophene rings is 1. The van der Waals surface area contributed by atoms with Gasteiger partial charge in [-0.05, 0) is 23.6 Å². The molecule has 0 spiro atoms. The number of hydrogen-bond donors (Lipinski definition) is 1. The van der Waals surface area contributed by atoms with Gasteiger partial charge in [0.25, 0.3) is 0 Å². The van der Waals surface area contributed by atoms with Crippen molar-refractivity contribution < 1.29 is 9.53 Å². The molecule has 1 saturated heterocycles. The van der Waals surface area contributed by atoms with E-state index in [9.17, 15) is 4.79 Å². The van der Waals surface area contributed by atoms with Crippen molar-refractivity contribution in [2.45, 2.75) is 6.54 Å². The highest BCUT2D eigenvalue weighted by molar-refractivity contribution is 7.14. The van der Waals surface area contributed by atoms with Gasteiger partial charge in [0, 0.05) is 43.3 Å². The molecule has 0 aliphatic carbocycles. The number of nitrogens with one attached hydrogen (secondary N) is 1. The molecule has 8 heteroatoms. The van der Waals surface area contributed by atoms with Gasteiger partial charge >= 0.3 is 0 Å². The number of hydrogen-bond acceptors (Lipinski definition) is 7. The minimum Gasteiger partial charge on any atom is -0.497 e. The Labute approximate surface area is 178 Å². The van der Waals surface area contributed by atoms with Crippen LogP contribution in [0, 0.1) is 0 Å². The monoisotopic (exact) mass is 428 g/mol. The highest BCUT2D eigenvalue weighted by Crippen LogP contribution is 2.26. The highest BCUT2D eigenvalue weighted by Gasteiger charge is 2.20. The number of benzene rings is 1. The third kappa shape index (κ3) is 5.42. The number of carbonyl (C=O) groups excluding carboxylic acids is 1. The Bertz CT molecular complexity index is 934. The van der Waals surface area contributed by atoms with Crippen LogP contribution < -0.4 is 10.1 Å². The first kappa shape index (κ1) is 20.0. The molecule has 0 atom stereocenters. The third-order valence-corrected chi connectivity index (χ3v) is 6.60. The molecule has 1 aliphatic rings. The van der Waals surface area contributed by atoms with Crippen molar-refractivity contribution >= 4 is 34.3 Å². The normalized spacial score (nSPS) is 15.3. The maximum atomic E-state index is 12.4. The zero-order valence-corrected chi connectivity index (χ0v) is 18.0. The molecule has 3 heterocycles. The van der Waals surface area contributed by atoms with E-state index in [1.54, 1.807) is 29.8 Å². The quantitative estimate of drug-likeness (QED) is 0.623.